The average molecular weight is 265 g/mol. The van der Waals surface area contributed by atoms with Gasteiger partial charge in [0.25, 0.3) is 0 Å². The van der Waals surface area contributed by atoms with Crippen molar-refractivity contribution in [2.75, 3.05) is 20.1 Å². The van der Waals surface area contributed by atoms with Crippen LogP contribution in [0.25, 0.3) is 15.7 Å². The molecule has 1 aliphatic heterocycles. The maximum atomic E-state index is 7.15. The van der Waals surface area contributed by atoms with Crippen molar-refractivity contribution >= 4 is 10.9 Å². The Hall–Kier alpha value is -1.79. The number of piperidine rings is 1. The van der Waals surface area contributed by atoms with Gasteiger partial charge in [-0.05, 0) is 37.1 Å². The lowest BCUT2D eigenvalue weighted by molar-refractivity contribution is 0.118. The van der Waals surface area contributed by atoms with E-state index in [4.69, 9.17) is 6.57 Å². The summed E-state index contributed by atoms with van der Waals surface area (Å²) in [7, 11) is 2.23. The first kappa shape index (κ1) is 12.0. The average Bonchev–Trinajstić information content (AvgIpc) is 2.86. The van der Waals surface area contributed by atoms with Crippen LogP contribution in [0, 0.1) is 12.5 Å². The first-order chi connectivity index (χ1) is 9.78. The van der Waals surface area contributed by atoms with Crippen LogP contribution in [-0.4, -0.2) is 36.1 Å². The van der Waals surface area contributed by atoms with E-state index in [1.165, 1.54) is 28.5 Å². The summed E-state index contributed by atoms with van der Waals surface area (Å²) in [6, 6.07) is 7.24. The predicted molar refractivity (Wildman–Crippen MR) is 80.7 cm³/mol. The van der Waals surface area contributed by atoms with Crippen LogP contribution in [0.3, 0.4) is 0 Å². The number of aromatic amines is 1. The Labute approximate surface area is 119 Å². The smallest absolute Gasteiger partial charge is 0.218 e. The second-order valence-corrected chi connectivity index (χ2v) is 6.34. The summed E-state index contributed by atoms with van der Waals surface area (Å²) < 4.78 is 0. The summed E-state index contributed by atoms with van der Waals surface area (Å²) >= 11 is 0. The normalized spacial score (nSPS) is 29.1. The zero-order valence-electron chi connectivity index (χ0n) is 11.8. The van der Waals surface area contributed by atoms with Gasteiger partial charge in [-0.2, -0.15) is 0 Å². The van der Waals surface area contributed by atoms with Gasteiger partial charge in [-0.1, -0.05) is 12.1 Å². The van der Waals surface area contributed by atoms with Gasteiger partial charge in [-0.15, -0.1) is 0 Å². The Morgan fingerprint density at radius 2 is 2.35 bits per heavy atom. The van der Waals surface area contributed by atoms with E-state index in [0.29, 0.717) is 24.4 Å². The van der Waals surface area contributed by atoms with E-state index in [1.807, 2.05) is 0 Å². The van der Waals surface area contributed by atoms with Crippen LogP contribution >= 0.6 is 0 Å². The summed E-state index contributed by atoms with van der Waals surface area (Å²) in [5, 5.41) is 1.45. The molecular formula is C17H19N3. The lowest BCUT2D eigenvalue weighted by Crippen LogP contribution is -2.48. The molecule has 2 aliphatic rings. The van der Waals surface area contributed by atoms with E-state index in [2.05, 4.69) is 46.2 Å². The molecule has 2 heterocycles. The third kappa shape index (κ3) is 1.61. The molecule has 1 aromatic heterocycles. The highest BCUT2D eigenvalue weighted by atomic mass is 15.1. The molecule has 0 spiro atoms. The Morgan fingerprint density at radius 3 is 3.20 bits per heavy atom. The van der Waals surface area contributed by atoms with Gasteiger partial charge in [0.05, 0.1) is 0 Å². The van der Waals surface area contributed by atoms with Gasteiger partial charge in [-0.3, -0.25) is 0 Å². The lowest BCUT2D eigenvalue weighted by atomic mass is 9.72. The molecule has 3 nitrogen and oxygen atoms in total. The molecule has 4 rings (SSSR count). The van der Waals surface area contributed by atoms with Crippen LogP contribution in [0.15, 0.2) is 24.4 Å². The van der Waals surface area contributed by atoms with Crippen molar-refractivity contribution in [1.82, 2.24) is 9.88 Å². The molecule has 3 heteroatoms. The fourth-order valence-electron chi connectivity index (χ4n) is 4.32. The summed E-state index contributed by atoms with van der Waals surface area (Å²) in [6.07, 6.45) is 4.49. The predicted octanol–water partition coefficient (Wildman–Crippen LogP) is 3.05. The van der Waals surface area contributed by atoms with Gasteiger partial charge >= 0.3 is 0 Å². The van der Waals surface area contributed by atoms with Gasteiger partial charge in [0.15, 0.2) is 0 Å². The van der Waals surface area contributed by atoms with E-state index in [0.717, 1.165) is 13.0 Å². The maximum Gasteiger partial charge on any atom is 0.218 e. The second-order valence-electron chi connectivity index (χ2n) is 6.34. The van der Waals surface area contributed by atoms with Crippen molar-refractivity contribution in [3.05, 3.63) is 46.9 Å². The fourth-order valence-corrected chi connectivity index (χ4v) is 4.32. The molecule has 0 bridgehead atoms. The highest BCUT2D eigenvalue weighted by Crippen LogP contribution is 2.44. The molecule has 1 fully saturated rings. The Bertz CT molecular complexity index is 694. The Morgan fingerprint density at radius 1 is 1.45 bits per heavy atom. The highest BCUT2D eigenvalue weighted by molar-refractivity contribution is 5.88. The van der Waals surface area contributed by atoms with Crippen molar-refractivity contribution < 1.29 is 0 Å². The van der Waals surface area contributed by atoms with Crippen LogP contribution in [0.1, 0.15) is 23.5 Å². The number of likely N-dealkylation sites (tertiary alicyclic amines) is 1. The molecule has 0 amide bonds. The molecule has 0 unspecified atom stereocenters. The number of likely N-dealkylation sites (N-methyl/N-ethyl adjacent to an activating group) is 1. The van der Waals surface area contributed by atoms with Crippen LogP contribution < -0.4 is 0 Å². The number of nitrogens with zero attached hydrogens (tertiary/aromatic N) is 2. The molecule has 102 valence electrons. The number of hydrogen-bond acceptors (Lipinski definition) is 1. The van der Waals surface area contributed by atoms with E-state index < -0.39 is 0 Å². The molecule has 1 saturated heterocycles. The Balaban J connectivity index is 1.81. The van der Waals surface area contributed by atoms with Crippen LogP contribution in [0.2, 0.25) is 0 Å². The van der Waals surface area contributed by atoms with Crippen molar-refractivity contribution in [2.45, 2.75) is 24.8 Å². The highest BCUT2D eigenvalue weighted by Gasteiger charge is 2.40. The molecular weight excluding hydrogens is 246 g/mol. The topological polar surface area (TPSA) is 23.4 Å². The third-order valence-electron chi connectivity index (χ3n) is 5.16. The Kier molecular flexibility index (Phi) is 2.61. The molecule has 3 atom stereocenters. The SMILES string of the molecule is [C-]#[N+]C[C@@H]1C[C@@H]2c3cccc4[nH]cc(c34)C[C@H]2N(C)C1. The van der Waals surface area contributed by atoms with Gasteiger partial charge in [0, 0.05) is 41.5 Å². The van der Waals surface area contributed by atoms with Gasteiger partial charge < -0.3 is 14.7 Å². The zero-order valence-corrected chi connectivity index (χ0v) is 11.8. The first-order valence-corrected chi connectivity index (χ1v) is 7.40. The first-order valence-electron chi connectivity index (χ1n) is 7.40. The summed E-state index contributed by atoms with van der Waals surface area (Å²) in [6.45, 7) is 8.88. The minimum absolute atomic E-state index is 0.523. The summed E-state index contributed by atoms with van der Waals surface area (Å²) in [5.41, 5.74) is 4.23. The zero-order chi connectivity index (χ0) is 13.7. The monoisotopic (exact) mass is 265 g/mol. The molecule has 1 aliphatic carbocycles. The van der Waals surface area contributed by atoms with E-state index >= 15 is 0 Å². The third-order valence-corrected chi connectivity index (χ3v) is 5.16. The van der Waals surface area contributed by atoms with Crippen molar-refractivity contribution in [2.24, 2.45) is 5.92 Å². The van der Waals surface area contributed by atoms with Crippen molar-refractivity contribution in [3.8, 4) is 0 Å². The number of nitrogens with one attached hydrogen (secondary N) is 1. The number of benzene rings is 1. The molecule has 0 saturated carbocycles. The maximum absolute atomic E-state index is 7.15. The van der Waals surface area contributed by atoms with E-state index in [9.17, 15) is 0 Å². The minimum Gasteiger partial charge on any atom is -0.361 e. The van der Waals surface area contributed by atoms with E-state index in [1.54, 1.807) is 0 Å². The van der Waals surface area contributed by atoms with Crippen LogP contribution in [-0.2, 0) is 6.42 Å². The van der Waals surface area contributed by atoms with Crippen LogP contribution in [0.5, 0.6) is 0 Å². The number of rotatable bonds is 1. The standard InChI is InChI=1S/C17H19N3/c1-18-8-11-6-14-13-4-3-5-15-17(13)12(9-19-15)7-16(14)20(2)10-11/h3-5,9,11,14,16,19H,6-8,10H2,2H3/t11-,14+,16+/m0/s1. The molecule has 20 heavy (non-hydrogen) atoms. The van der Waals surface area contributed by atoms with Crippen molar-refractivity contribution in [1.29, 1.82) is 0 Å². The molecule has 1 N–H and O–H groups in total. The van der Waals surface area contributed by atoms with Crippen LogP contribution in [0.4, 0.5) is 0 Å². The number of aromatic nitrogens is 1. The quantitative estimate of drug-likeness (QED) is 0.787. The van der Waals surface area contributed by atoms with Gasteiger partial charge in [0.1, 0.15) is 0 Å². The number of H-pyrrole nitrogens is 1. The van der Waals surface area contributed by atoms with Gasteiger partial charge in [0.2, 0.25) is 6.54 Å². The minimum atomic E-state index is 0.523. The lowest BCUT2D eigenvalue weighted by Gasteiger charge is -2.44. The summed E-state index contributed by atoms with van der Waals surface area (Å²) in [5.74, 6) is 1.11. The van der Waals surface area contributed by atoms with Gasteiger partial charge in [-0.25, -0.2) is 6.57 Å². The fraction of sp³-hybridized carbons (Fsp3) is 0.471. The molecule has 2 aromatic rings. The number of fused-ring (bicyclic) bond motifs is 2. The number of hydrogen-bond donors (Lipinski definition) is 1. The van der Waals surface area contributed by atoms with Crippen molar-refractivity contribution in [3.63, 3.8) is 0 Å². The van der Waals surface area contributed by atoms with E-state index in [-0.39, 0.29) is 0 Å². The summed E-state index contributed by atoms with van der Waals surface area (Å²) in [4.78, 5) is 9.53. The molecule has 1 aromatic carbocycles. The second kappa shape index (κ2) is 4.36. The largest absolute Gasteiger partial charge is 0.361 e. The molecule has 0 radical (unpaired) electrons.